The largest absolute Gasteiger partial charge is 0.500 e. The average Bonchev–Trinajstić information content (AvgIpc) is 2.76. The summed E-state index contributed by atoms with van der Waals surface area (Å²) in [6, 6.07) is 2.43. The Morgan fingerprint density at radius 2 is 2.17 bits per heavy atom. The van der Waals surface area contributed by atoms with Crippen molar-refractivity contribution in [3.05, 3.63) is 45.4 Å². The van der Waals surface area contributed by atoms with Gasteiger partial charge in [-0.05, 0) is 29.5 Å². The lowest BCUT2D eigenvalue weighted by molar-refractivity contribution is -0.386. The number of nitro benzene ring substituents is 1. The summed E-state index contributed by atoms with van der Waals surface area (Å²) >= 11 is 0.726. The lowest BCUT2D eigenvalue weighted by atomic mass is 10.1. The van der Waals surface area contributed by atoms with Crippen molar-refractivity contribution in [1.29, 1.82) is 0 Å². The van der Waals surface area contributed by atoms with Crippen molar-refractivity contribution < 1.29 is 24.4 Å². The number of carbonyl (C=O) groups excluding carboxylic acids is 2. The Morgan fingerprint density at radius 3 is 2.74 bits per heavy atom. The molecule has 1 heterocycles. The summed E-state index contributed by atoms with van der Waals surface area (Å²) in [7, 11) is 1.25. The zero-order chi connectivity index (χ0) is 17.1. The molecule has 0 saturated carbocycles. The van der Waals surface area contributed by atoms with Crippen LogP contribution in [0.3, 0.4) is 0 Å². The molecule has 8 nitrogen and oxygen atoms in total. The highest BCUT2D eigenvalue weighted by molar-refractivity contribution is 8.18. The number of thioether (sulfide) groups is 1. The van der Waals surface area contributed by atoms with E-state index in [2.05, 4.69) is 6.58 Å². The summed E-state index contributed by atoms with van der Waals surface area (Å²) in [5.41, 5.74) is -0.295. The minimum absolute atomic E-state index is 0.0844. The van der Waals surface area contributed by atoms with Crippen molar-refractivity contribution in [3.63, 3.8) is 0 Å². The third-order valence-corrected chi connectivity index (χ3v) is 3.88. The molecule has 1 aromatic rings. The Balaban J connectivity index is 2.45. The van der Waals surface area contributed by atoms with Crippen molar-refractivity contribution in [2.75, 3.05) is 13.7 Å². The van der Waals surface area contributed by atoms with Crippen LogP contribution < -0.4 is 4.74 Å². The first-order valence-corrected chi connectivity index (χ1v) is 7.12. The molecule has 0 spiro atoms. The van der Waals surface area contributed by atoms with E-state index in [-0.39, 0.29) is 22.8 Å². The molecule has 0 unspecified atom stereocenters. The predicted octanol–water partition coefficient (Wildman–Crippen LogP) is 2.53. The van der Waals surface area contributed by atoms with Crippen LogP contribution >= 0.6 is 11.8 Å². The number of rotatable bonds is 5. The minimum atomic E-state index is -0.765. The molecule has 2 rings (SSSR count). The fourth-order valence-electron chi connectivity index (χ4n) is 1.93. The Morgan fingerprint density at radius 1 is 1.48 bits per heavy atom. The number of methoxy groups -OCH3 is 1. The third kappa shape index (κ3) is 3.19. The van der Waals surface area contributed by atoms with E-state index in [1.54, 1.807) is 0 Å². The second-order valence-corrected chi connectivity index (χ2v) is 5.42. The normalized spacial score (nSPS) is 16.0. The molecular formula is C14H12N2O6S. The fourth-order valence-corrected chi connectivity index (χ4v) is 2.78. The van der Waals surface area contributed by atoms with Crippen LogP contribution in [0, 0.1) is 10.1 Å². The van der Waals surface area contributed by atoms with Gasteiger partial charge in [-0.2, -0.15) is 0 Å². The van der Waals surface area contributed by atoms with E-state index < -0.39 is 27.5 Å². The molecule has 2 amide bonds. The maximum atomic E-state index is 12.1. The first kappa shape index (κ1) is 16.6. The van der Waals surface area contributed by atoms with Gasteiger partial charge < -0.3 is 9.84 Å². The highest BCUT2D eigenvalue weighted by Crippen LogP contribution is 2.39. The quantitative estimate of drug-likeness (QED) is 0.381. The molecule has 0 aliphatic carbocycles. The molecule has 1 aromatic carbocycles. The Labute approximate surface area is 135 Å². The summed E-state index contributed by atoms with van der Waals surface area (Å²) in [5, 5.41) is 20.2. The Bertz CT molecular complexity index is 743. The van der Waals surface area contributed by atoms with Crippen LogP contribution in [0.25, 0.3) is 6.08 Å². The van der Waals surface area contributed by atoms with E-state index in [1.165, 1.54) is 25.3 Å². The van der Waals surface area contributed by atoms with Gasteiger partial charge in [0.25, 0.3) is 11.1 Å². The van der Waals surface area contributed by atoms with E-state index in [1.807, 2.05) is 0 Å². The molecular weight excluding hydrogens is 324 g/mol. The van der Waals surface area contributed by atoms with Crippen LogP contribution in [0.1, 0.15) is 5.56 Å². The Kier molecular flexibility index (Phi) is 4.70. The number of aromatic hydroxyl groups is 1. The molecule has 1 aliphatic heterocycles. The number of amides is 2. The van der Waals surface area contributed by atoms with Crippen molar-refractivity contribution in [3.8, 4) is 11.5 Å². The lowest BCUT2D eigenvalue weighted by Gasteiger charge is -2.08. The number of nitrogens with zero attached hydrogens (tertiary/aromatic N) is 2. The van der Waals surface area contributed by atoms with E-state index in [9.17, 15) is 24.8 Å². The number of nitro groups is 1. The number of phenolic OH excluding ortho intramolecular Hbond substituents is 1. The van der Waals surface area contributed by atoms with Crippen LogP contribution in [0.4, 0.5) is 10.5 Å². The van der Waals surface area contributed by atoms with Crippen LogP contribution in [-0.4, -0.2) is 39.7 Å². The topological polar surface area (TPSA) is 110 Å². The molecule has 1 fully saturated rings. The predicted molar refractivity (Wildman–Crippen MR) is 84.2 cm³/mol. The van der Waals surface area contributed by atoms with Crippen LogP contribution in [-0.2, 0) is 4.79 Å². The summed E-state index contributed by atoms with van der Waals surface area (Å²) in [5.74, 6) is -1.21. The maximum absolute atomic E-state index is 12.1. The van der Waals surface area contributed by atoms with E-state index in [0.29, 0.717) is 0 Å². The first-order valence-electron chi connectivity index (χ1n) is 6.30. The summed E-state index contributed by atoms with van der Waals surface area (Å²) in [6.45, 7) is 3.56. The van der Waals surface area contributed by atoms with Crippen LogP contribution in [0.5, 0.6) is 11.5 Å². The van der Waals surface area contributed by atoms with Gasteiger partial charge in [0.1, 0.15) is 0 Å². The van der Waals surface area contributed by atoms with E-state index in [4.69, 9.17) is 4.74 Å². The molecule has 0 radical (unpaired) electrons. The van der Waals surface area contributed by atoms with Gasteiger partial charge >= 0.3 is 5.69 Å². The SMILES string of the molecule is C=CCN1C(=O)S/C(=C/c2cc(OC)c(O)c([N+](=O)[O-])c2)C1=O. The number of carbonyl (C=O) groups is 2. The number of phenols is 1. The van der Waals surface area contributed by atoms with Crippen molar-refractivity contribution in [1.82, 2.24) is 4.90 Å². The molecule has 0 bridgehead atoms. The van der Waals surface area contributed by atoms with Gasteiger partial charge in [0.15, 0.2) is 5.75 Å². The van der Waals surface area contributed by atoms with Crippen molar-refractivity contribution in [2.24, 2.45) is 0 Å². The molecule has 1 N–H and O–H groups in total. The summed E-state index contributed by atoms with van der Waals surface area (Å²) in [6.07, 6.45) is 2.76. The number of hydrogen-bond acceptors (Lipinski definition) is 7. The van der Waals surface area contributed by atoms with Gasteiger partial charge in [0.05, 0.1) is 16.9 Å². The van der Waals surface area contributed by atoms with Gasteiger partial charge in [-0.15, -0.1) is 6.58 Å². The molecule has 1 saturated heterocycles. The zero-order valence-corrected chi connectivity index (χ0v) is 12.8. The summed E-state index contributed by atoms with van der Waals surface area (Å²) < 4.78 is 4.88. The third-order valence-electron chi connectivity index (χ3n) is 2.98. The van der Waals surface area contributed by atoms with Crippen molar-refractivity contribution >= 4 is 34.7 Å². The van der Waals surface area contributed by atoms with Crippen LogP contribution in [0.15, 0.2) is 29.7 Å². The molecule has 1 aliphatic rings. The van der Waals surface area contributed by atoms with Gasteiger partial charge in [-0.25, -0.2) is 0 Å². The fraction of sp³-hybridized carbons (Fsp3) is 0.143. The number of benzene rings is 1. The number of ether oxygens (including phenoxy) is 1. The molecule has 9 heteroatoms. The molecule has 0 aromatic heterocycles. The monoisotopic (exact) mass is 336 g/mol. The summed E-state index contributed by atoms with van der Waals surface area (Å²) in [4.78, 5) is 35.2. The van der Waals surface area contributed by atoms with E-state index in [0.717, 1.165) is 22.7 Å². The highest BCUT2D eigenvalue weighted by atomic mass is 32.2. The van der Waals surface area contributed by atoms with Gasteiger partial charge in [0.2, 0.25) is 5.75 Å². The van der Waals surface area contributed by atoms with Crippen LogP contribution in [0.2, 0.25) is 0 Å². The molecule has 23 heavy (non-hydrogen) atoms. The minimum Gasteiger partial charge on any atom is -0.500 e. The lowest BCUT2D eigenvalue weighted by Crippen LogP contribution is -2.27. The van der Waals surface area contributed by atoms with Crippen molar-refractivity contribution in [2.45, 2.75) is 0 Å². The highest BCUT2D eigenvalue weighted by Gasteiger charge is 2.34. The average molecular weight is 336 g/mol. The molecule has 120 valence electrons. The standard InChI is InChI=1S/C14H12N2O6S/c1-3-4-15-13(18)11(23-14(15)19)7-8-5-9(16(20)21)12(17)10(6-8)22-2/h3,5-7,17H,1,4H2,2H3/b11-7+. The molecule has 0 atom stereocenters. The smallest absolute Gasteiger partial charge is 0.315 e. The zero-order valence-electron chi connectivity index (χ0n) is 12.0. The second kappa shape index (κ2) is 6.53. The Hall–Kier alpha value is -2.81. The van der Waals surface area contributed by atoms with Gasteiger partial charge in [-0.3, -0.25) is 24.6 Å². The number of hydrogen-bond donors (Lipinski definition) is 1. The first-order chi connectivity index (χ1) is 10.9. The second-order valence-electron chi connectivity index (χ2n) is 4.43. The maximum Gasteiger partial charge on any atom is 0.315 e. The van der Waals surface area contributed by atoms with E-state index >= 15 is 0 Å². The van der Waals surface area contributed by atoms with Gasteiger partial charge in [-0.1, -0.05) is 6.08 Å². The number of imide groups is 1. The van der Waals surface area contributed by atoms with Gasteiger partial charge in [0, 0.05) is 12.6 Å².